The molecule has 0 bridgehead atoms. The lowest BCUT2D eigenvalue weighted by Gasteiger charge is -2.30. The fraction of sp³-hybridized carbons (Fsp3) is 0.412. The summed E-state index contributed by atoms with van der Waals surface area (Å²) in [6.45, 7) is 2.22. The van der Waals surface area contributed by atoms with Crippen molar-refractivity contribution in [1.82, 2.24) is 0 Å². The topological polar surface area (TPSA) is 0 Å². The number of hydrogen-bond acceptors (Lipinski definition) is 1. The monoisotopic (exact) mass is 414 g/mol. The van der Waals surface area contributed by atoms with Crippen molar-refractivity contribution in [2.75, 3.05) is 10.7 Å². The second kappa shape index (κ2) is 7.77. The Kier molecular flexibility index (Phi) is 6.31. The van der Waals surface area contributed by atoms with Crippen molar-refractivity contribution in [3.63, 3.8) is 0 Å². The Hall–Kier alpha value is -0.120. The first-order valence-electron chi connectivity index (χ1n) is 6.95. The van der Waals surface area contributed by atoms with Crippen molar-refractivity contribution in [2.45, 2.75) is 26.2 Å². The summed E-state index contributed by atoms with van der Waals surface area (Å²) in [5, 5.41) is 2.03. The highest BCUT2D eigenvalue weighted by molar-refractivity contribution is 9.09. The van der Waals surface area contributed by atoms with E-state index in [1.807, 2.05) is 11.3 Å². The molecule has 0 aliphatic rings. The van der Waals surface area contributed by atoms with Crippen molar-refractivity contribution >= 4 is 43.2 Å². The summed E-state index contributed by atoms with van der Waals surface area (Å²) < 4.78 is 0. The van der Waals surface area contributed by atoms with Gasteiger partial charge in [0.2, 0.25) is 0 Å². The molecule has 0 saturated carbocycles. The molecule has 108 valence electrons. The van der Waals surface area contributed by atoms with Crippen LogP contribution in [0.1, 0.15) is 22.2 Å². The van der Waals surface area contributed by atoms with E-state index in [2.05, 4.69) is 81.2 Å². The van der Waals surface area contributed by atoms with E-state index < -0.39 is 0 Å². The average molecular weight is 416 g/mol. The maximum Gasteiger partial charge on any atom is 0.0103 e. The van der Waals surface area contributed by atoms with Crippen molar-refractivity contribution in [1.29, 1.82) is 0 Å². The van der Waals surface area contributed by atoms with Crippen molar-refractivity contribution in [3.8, 4) is 0 Å². The Balaban J connectivity index is 2.16. The summed E-state index contributed by atoms with van der Waals surface area (Å²) in [6.07, 6.45) is 3.37. The molecule has 0 aliphatic heterocycles. The van der Waals surface area contributed by atoms with Crippen LogP contribution < -0.4 is 0 Å². The zero-order chi connectivity index (χ0) is 14.4. The summed E-state index contributed by atoms with van der Waals surface area (Å²) in [7, 11) is 0. The Bertz CT molecular complexity index is 515. The number of benzene rings is 1. The number of halogens is 2. The number of hydrogen-bond donors (Lipinski definition) is 0. The van der Waals surface area contributed by atoms with Gasteiger partial charge in [0.15, 0.2) is 0 Å². The van der Waals surface area contributed by atoms with Crippen LogP contribution in [0.3, 0.4) is 0 Å². The van der Waals surface area contributed by atoms with E-state index in [4.69, 9.17) is 0 Å². The van der Waals surface area contributed by atoms with E-state index >= 15 is 0 Å². The van der Waals surface area contributed by atoms with Gasteiger partial charge in [-0.1, -0.05) is 69.1 Å². The van der Waals surface area contributed by atoms with E-state index in [0.29, 0.717) is 0 Å². The highest BCUT2D eigenvalue weighted by Crippen LogP contribution is 2.34. The first-order chi connectivity index (χ1) is 9.71. The van der Waals surface area contributed by atoms with E-state index in [1.165, 1.54) is 15.3 Å². The minimum atomic E-state index is 0.247. The molecule has 2 rings (SSSR count). The zero-order valence-corrected chi connectivity index (χ0v) is 15.7. The summed E-state index contributed by atoms with van der Waals surface area (Å²) >= 11 is 9.45. The Labute approximate surface area is 142 Å². The Morgan fingerprint density at radius 3 is 2.10 bits per heavy atom. The molecule has 0 fully saturated rings. The SMILES string of the molecule is CCc1ccc(CC(CBr)(CBr)Cc2ccccc2)s1. The molecular weight excluding hydrogens is 396 g/mol. The quantitative estimate of drug-likeness (QED) is 0.496. The van der Waals surface area contributed by atoms with Crippen LogP contribution in [-0.2, 0) is 19.3 Å². The maximum atomic E-state index is 3.75. The number of thiophene rings is 1. The van der Waals surface area contributed by atoms with Crippen LogP contribution in [0.15, 0.2) is 42.5 Å². The minimum absolute atomic E-state index is 0.247. The molecule has 3 heteroatoms. The van der Waals surface area contributed by atoms with Gasteiger partial charge in [0.1, 0.15) is 0 Å². The first kappa shape index (κ1) is 16.3. The molecule has 20 heavy (non-hydrogen) atoms. The van der Waals surface area contributed by atoms with Gasteiger partial charge in [-0.25, -0.2) is 0 Å². The lowest BCUT2D eigenvalue weighted by atomic mass is 9.82. The molecule has 0 aliphatic carbocycles. The molecule has 0 radical (unpaired) electrons. The fourth-order valence-electron chi connectivity index (χ4n) is 2.39. The van der Waals surface area contributed by atoms with Crippen molar-refractivity contribution in [3.05, 3.63) is 57.8 Å². The Morgan fingerprint density at radius 2 is 1.55 bits per heavy atom. The maximum absolute atomic E-state index is 3.75. The third-order valence-electron chi connectivity index (χ3n) is 3.60. The lowest BCUT2D eigenvalue weighted by molar-refractivity contribution is 0.389. The number of alkyl halides is 2. The summed E-state index contributed by atoms with van der Waals surface area (Å²) in [4.78, 5) is 2.98. The van der Waals surface area contributed by atoms with Gasteiger partial charge in [-0.05, 0) is 42.4 Å². The molecule has 0 amide bonds. The van der Waals surface area contributed by atoms with Gasteiger partial charge in [0.25, 0.3) is 0 Å². The van der Waals surface area contributed by atoms with Crippen LogP contribution in [0.25, 0.3) is 0 Å². The largest absolute Gasteiger partial charge is 0.145 e. The molecular formula is C17H20Br2S. The minimum Gasteiger partial charge on any atom is -0.145 e. The Morgan fingerprint density at radius 1 is 0.900 bits per heavy atom. The second-order valence-corrected chi connectivity index (χ2v) is 7.70. The van der Waals surface area contributed by atoms with Gasteiger partial charge in [0, 0.05) is 20.4 Å². The molecule has 0 saturated heterocycles. The van der Waals surface area contributed by atoms with Crippen LogP contribution in [-0.4, -0.2) is 10.7 Å². The number of rotatable bonds is 7. The lowest BCUT2D eigenvalue weighted by Crippen LogP contribution is -2.30. The van der Waals surface area contributed by atoms with E-state index in [1.54, 1.807) is 0 Å². The third-order valence-corrected chi connectivity index (χ3v) is 7.21. The van der Waals surface area contributed by atoms with Crippen LogP contribution in [0.5, 0.6) is 0 Å². The molecule has 0 N–H and O–H groups in total. The van der Waals surface area contributed by atoms with Crippen LogP contribution >= 0.6 is 43.2 Å². The normalized spacial score (nSPS) is 11.8. The van der Waals surface area contributed by atoms with Crippen LogP contribution in [0.2, 0.25) is 0 Å². The molecule has 2 aromatic rings. The van der Waals surface area contributed by atoms with Gasteiger partial charge in [-0.2, -0.15) is 0 Å². The highest BCUT2D eigenvalue weighted by Gasteiger charge is 2.29. The second-order valence-electron chi connectivity index (χ2n) is 5.33. The fourth-order valence-corrected chi connectivity index (χ4v) is 5.25. The van der Waals surface area contributed by atoms with E-state index in [0.717, 1.165) is 29.9 Å². The van der Waals surface area contributed by atoms with Crippen LogP contribution in [0, 0.1) is 5.41 Å². The molecule has 1 heterocycles. The molecule has 0 unspecified atom stereocenters. The predicted octanol–water partition coefficient (Wildman–Crippen LogP) is 5.87. The van der Waals surface area contributed by atoms with Gasteiger partial charge in [-0.15, -0.1) is 11.3 Å². The van der Waals surface area contributed by atoms with Crippen molar-refractivity contribution in [2.24, 2.45) is 5.41 Å². The molecule has 0 atom stereocenters. The molecule has 1 aromatic heterocycles. The predicted molar refractivity (Wildman–Crippen MR) is 97.6 cm³/mol. The number of aryl methyl sites for hydroxylation is 1. The van der Waals surface area contributed by atoms with Gasteiger partial charge in [-0.3, -0.25) is 0 Å². The van der Waals surface area contributed by atoms with E-state index in [9.17, 15) is 0 Å². The average Bonchev–Trinajstić information content (AvgIpc) is 2.95. The van der Waals surface area contributed by atoms with Crippen molar-refractivity contribution < 1.29 is 0 Å². The molecule has 1 aromatic carbocycles. The van der Waals surface area contributed by atoms with Gasteiger partial charge < -0.3 is 0 Å². The molecule has 0 spiro atoms. The standard InChI is InChI=1S/C17H20Br2S/c1-2-15-8-9-16(20-15)11-17(12-18,13-19)10-14-6-4-3-5-7-14/h3-9H,2,10-13H2,1H3. The first-order valence-corrected chi connectivity index (χ1v) is 10.0. The van der Waals surface area contributed by atoms with Gasteiger partial charge in [0.05, 0.1) is 0 Å². The third kappa shape index (κ3) is 4.19. The summed E-state index contributed by atoms with van der Waals surface area (Å²) in [6, 6.07) is 15.4. The smallest absolute Gasteiger partial charge is 0.0103 e. The van der Waals surface area contributed by atoms with E-state index in [-0.39, 0.29) is 5.41 Å². The van der Waals surface area contributed by atoms with Crippen LogP contribution in [0.4, 0.5) is 0 Å². The summed E-state index contributed by atoms with van der Waals surface area (Å²) in [5.41, 5.74) is 1.66. The zero-order valence-electron chi connectivity index (χ0n) is 11.7. The molecule has 0 nitrogen and oxygen atoms in total. The highest BCUT2D eigenvalue weighted by atomic mass is 79.9. The van der Waals surface area contributed by atoms with Gasteiger partial charge >= 0.3 is 0 Å². The summed E-state index contributed by atoms with van der Waals surface area (Å²) in [5.74, 6) is 0.